The third kappa shape index (κ3) is 3.84. The summed E-state index contributed by atoms with van der Waals surface area (Å²) in [6.45, 7) is 3.89. The van der Waals surface area contributed by atoms with Crippen molar-refractivity contribution < 1.29 is 4.74 Å². The molecule has 2 aromatic carbocycles. The second kappa shape index (κ2) is 7.32. The molecule has 0 radical (unpaired) electrons. The lowest BCUT2D eigenvalue weighted by Gasteiger charge is -2.11. The van der Waals surface area contributed by atoms with Gasteiger partial charge in [-0.3, -0.25) is 0 Å². The molecule has 2 heterocycles. The molecule has 0 amide bonds. The van der Waals surface area contributed by atoms with E-state index in [0.717, 1.165) is 31.7 Å². The minimum atomic E-state index is 0.632. The minimum absolute atomic E-state index is 0.632. The first-order valence-corrected chi connectivity index (χ1v) is 9.91. The van der Waals surface area contributed by atoms with Gasteiger partial charge in [-0.25, -0.2) is 9.36 Å². The normalized spacial score (nSPS) is 11.0. The molecule has 7 heteroatoms. The topological polar surface area (TPSA) is 44.9 Å². The van der Waals surface area contributed by atoms with Crippen LogP contribution in [0.5, 0.6) is 11.8 Å². The third-order valence-electron chi connectivity index (χ3n) is 3.95. The van der Waals surface area contributed by atoms with Crippen molar-refractivity contribution in [2.24, 2.45) is 0 Å². The maximum atomic E-state index is 6.23. The quantitative estimate of drug-likeness (QED) is 0.355. The lowest BCUT2D eigenvalue weighted by molar-refractivity contribution is 0.413. The molecule has 0 fully saturated rings. The van der Waals surface area contributed by atoms with Crippen molar-refractivity contribution >= 4 is 31.9 Å². The summed E-state index contributed by atoms with van der Waals surface area (Å²) in [6, 6.07) is 19.7. The number of benzene rings is 2. The molecule has 4 rings (SSSR count). The first-order chi connectivity index (χ1) is 13.0. The Morgan fingerprint density at radius 1 is 0.667 bits per heavy atom. The molecule has 2 aromatic heterocycles. The van der Waals surface area contributed by atoms with E-state index in [-0.39, 0.29) is 0 Å². The van der Waals surface area contributed by atoms with Gasteiger partial charge in [-0.1, -0.05) is 31.9 Å². The molecule has 0 unspecified atom stereocenters. The van der Waals surface area contributed by atoms with Gasteiger partial charge >= 0.3 is 0 Å². The summed E-state index contributed by atoms with van der Waals surface area (Å²) < 4.78 is 11.8. The summed E-state index contributed by atoms with van der Waals surface area (Å²) in [5.74, 6) is 1.26. The van der Waals surface area contributed by atoms with Crippen LogP contribution in [-0.4, -0.2) is 19.6 Å². The number of rotatable bonds is 4. The van der Waals surface area contributed by atoms with Crippen molar-refractivity contribution in [2.75, 3.05) is 0 Å². The zero-order valence-electron chi connectivity index (χ0n) is 14.7. The lowest BCUT2D eigenvalue weighted by Crippen LogP contribution is -2.03. The number of hydrogen-bond acceptors (Lipinski definition) is 3. The summed E-state index contributed by atoms with van der Waals surface area (Å²) in [5.41, 5.74) is 3.60. The predicted molar refractivity (Wildman–Crippen MR) is 112 cm³/mol. The van der Waals surface area contributed by atoms with E-state index in [4.69, 9.17) is 4.74 Å². The number of halogens is 2. The fourth-order valence-corrected chi connectivity index (χ4v) is 3.27. The van der Waals surface area contributed by atoms with Gasteiger partial charge in [0.15, 0.2) is 0 Å². The molecule has 0 spiro atoms. The van der Waals surface area contributed by atoms with Crippen LogP contribution in [0.25, 0.3) is 11.4 Å². The third-order valence-corrected chi connectivity index (χ3v) is 5.01. The summed E-state index contributed by atoms with van der Waals surface area (Å²) in [6.07, 6.45) is 0. The molecule has 136 valence electrons. The van der Waals surface area contributed by atoms with Crippen molar-refractivity contribution in [3.63, 3.8) is 0 Å². The fraction of sp³-hybridized carbons (Fsp3) is 0.100. The van der Waals surface area contributed by atoms with E-state index >= 15 is 0 Å². The Kier molecular flexibility index (Phi) is 4.88. The predicted octanol–water partition coefficient (Wildman–Crippen LogP) is 5.99. The molecule has 0 atom stereocenters. The van der Waals surface area contributed by atoms with Crippen LogP contribution in [0.1, 0.15) is 11.4 Å². The molecule has 0 saturated carbocycles. The van der Waals surface area contributed by atoms with E-state index in [1.54, 1.807) is 9.36 Å². The highest BCUT2D eigenvalue weighted by Gasteiger charge is 2.15. The summed E-state index contributed by atoms with van der Waals surface area (Å²) in [7, 11) is 0. The second-order valence-corrected chi connectivity index (χ2v) is 7.96. The molecule has 27 heavy (non-hydrogen) atoms. The van der Waals surface area contributed by atoms with Gasteiger partial charge in [0.05, 0.1) is 22.8 Å². The monoisotopic (exact) mass is 486 g/mol. The van der Waals surface area contributed by atoms with E-state index in [2.05, 4.69) is 42.1 Å². The Morgan fingerprint density at radius 2 is 1.04 bits per heavy atom. The number of aryl methyl sites for hydroxylation is 2. The van der Waals surface area contributed by atoms with Crippen LogP contribution in [0.4, 0.5) is 0 Å². The fourth-order valence-electron chi connectivity index (χ4n) is 2.74. The van der Waals surface area contributed by atoms with E-state index in [0.29, 0.717) is 11.8 Å². The molecule has 0 saturated heterocycles. The van der Waals surface area contributed by atoms with Crippen LogP contribution in [0.3, 0.4) is 0 Å². The minimum Gasteiger partial charge on any atom is -0.420 e. The molecule has 0 N–H and O–H groups in total. The van der Waals surface area contributed by atoms with Crippen LogP contribution in [0.2, 0.25) is 0 Å². The highest BCUT2D eigenvalue weighted by atomic mass is 79.9. The number of aromatic nitrogens is 4. The molecular weight excluding hydrogens is 472 g/mol. The van der Waals surface area contributed by atoms with Crippen molar-refractivity contribution in [3.05, 3.63) is 81.0 Å². The van der Waals surface area contributed by atoms with Crippen molar-refractivity contribution in [1.82, 2.24) is 19.6 Å². The summed E-state index contributed by atoms with van der Waals surface area (Å²) in [5, 5.41) is 9.14. The highest BCUT2D eigenvalue weighted by molar-refractivity contribution is 9.10. The second-order valence-electron chi connectivity index (χ2n) is 6.13. The number of hydrogen-bond donors (Lipinski definition) is 0. The Labute approximate surface area is 173 Å². The van der Waals surface area contributed by atoms with E-state index < -0.39 is 0 Å². The van der Waals surface area contributed by atoms with Gasteiger partial charge in [0, 0.05) is 21.1 Å². The molecule has 0 aliphatic carbocycles. The average molecular weight is 488 g/mol. The van der Waals surface area contributed by atoms with Crippen LogP contribution in [0.15, 0.2) is 69.6 Å². The Bertz CT molecular complexity index is 995. The average Bonchev–Trinajstić information content (AvgIpc) is 3.19. The maximum absolute atomic E-state index is 6.23. The molecule has 0 aliphatic heterocycles. The first kappa shape index (κ1) is 18.0. The van der Waals surface area contributed by atoms with Gasteiger partial charge in [0.25, 0.3) is 0 Å². The van der Waals surface area contributed by atoms with Crippen molar-refractivity contribution in [3.8, 4) is 23.1 Å². The van der Waals surface area contributed by atoms with E-state index in [1.807, 2.05) is 74.5 Å². The van der Waals surface area contributed by atoms with Crippen LogP contribution >= 0.6 is 31.9 Å². The smallest absolute Gasteiger partial charge is 0.224 e. The molecular formula is C20H16Br2N4O. The van der Waals surface area contributed by atoms with Crippen LogP contribution in [-0.2, 0) is 0 Å². The van der Waals surface area contributed by atoms with Gasteiger partial charge in [0.2, 0.25) is 11.8 Å². The largest absolute Gasteiger partial charge is 0.420 e. The molecule has 0 bridgehead atoms. The first-order valence-electron chi connectivity index (χ1n) is 8.33. The standard InChI is InChI=1S/C20H16Br2N4O/c1-13-11-19(25(23-13)17-7-3-15(21)4-8-17)27-20-12-14(2)24-26(20)18-9-5-16(22)6-10-18/h3-12H,1-2H3. The van der Waals surface area contributed by atoms with Crippen LogP contribution < -0.4 is 4.74 Å². The zero-order valence-corrected chi connectivity index (χ0v) is 17.9. The van der Waals surface area contributed by atoms with Gasteiger partial charge in [-0.15, -0.1) is 0 Å². The zero-order chi connectivity index (χ0) is 19.0. The Morgan fingerprint density at radius 3 is 1.41 bits per heavy atom. The highest BCUT2D eigenvalue weighted by Crippen LogP contribution is 2.29. The Hall–Kier alpha value is -2.38. The van der Waals surface area contributed by atoms with Gasteiger partial charge in [0.1, 0.15) is 0 Å². The summed E-state index contributed by atoms with van der Waals surface area (Å²) >= 11 is 6.93. The Balaban J connectivity index is 1.73. The van der Waals surface area contributed by atoms with Crippen LogP contribution in [0, 0.1) is 13.8 Å². The van der Waals surface area contributed by atoms with Crippen molar-refractivity contribution in [1.29, 1.82) is 0 Å². The maximum Gasteiger partial charge on any atom is 0.224 e. The lowest BCUT2D eigenvalue weighted by atomic mass is 10.3. The molecule has 4 aromatic rings. The summed E-state index contributed by atoms with van der Waals surface area (Å²) in [4.78, 5) is 0. The molecule has 0 aliphatic rings. The van der Waals surface area contributed by atoms with E-state index in [1.165, 1.54) is 0 Å². The van der Waals surface area contributed by atoms with Gasteiger partial charge < -0.3 is 4.74 Å². The van der Waals surface area contributed by atoms with Gasteiger partial charge in [-0.2, -0.15) is 10.2 Å². The molecule has 5 nitrogen and oxygen atoms in total. The van der Waals surface area contributed by atoms with Crippen molar-refractivity contribution in [2.45, 2.75) is 13.8 Å². The van der Waals surface area contributed by atoms with E-state index in [9.17, 15) is 0 Å². The number of nitrogens with zero attached hydrogens (tertiary/aromatic N) is 4. The van der Waals surface area contributed by atoms with Gasteiger partial charge in [-0.05, 0) is 62.4 Å². The SMILES string of the molecule is Cc1cc(Oc2cc(C)nn2-c2ccc(Br)cc2)n(-c2ccc(Br)cc2)n1. The number of ether oxygens (including phenoxy) is 1.